The van der Waals surface area contributed by atoms with Crippen LogP contribution in [0.3, 0.4) is 0 Å². The smallest absolute Gasteiger partial charge is 0.408 e. The maximum atomic E-state index is 13.3. The molecule has 1 aliphatic rings. The number of hydrogen-bond donors (Lipinski definition) is 2. The molecule has 1 aromatic heterocycles. The Kier molecular flexibility index (Phi) is 10.1. The zero-order valence-corrected chi connectivity index (χ0v) is 20.4. The van der Waals surface area contributed by atoms with E-state index < -0.39 is 12.0 Å². The summed E-state index contributed by atoms with van der Waals surface area (Å²) < 4.78 is 43.5. The highest BCUT2D eigenvalue weighted by Gasteiger charge is 2.30. The van der Waals surface area contributed by atoms with E-state index in [1.807, 2.05) is 18.7 Å². The van der Waals surface area contributed by atoms with Gasteiger partial charge in [0.1, 0.15) is 17.7 Å². The molecular weight excluding hydrogens is 464 g/mol. The van der Waals surface area contributed by atoms with E-state index in [0.717, 1.165) is 12.1 Å². The van der Waals surface area contributed by atoms with Gasteiger partial charge in [-0.15, -0.1) is 0 Å². The number of hydrogen-bond acceptors (Lipinski definition) is 6. The Morgan fingerprint density at radius 3 is 2.44 bits per heavy atom. The van der Waals surface area contributed by atoms with Gasteiger partial charge in [-0.05, 0) is 58.5 Å². The number of ketones is 1. The third kappa shape index (κ3) is 8.13. The number of anilines is 3. The highest BCUT2D eigenvalue weighted by molar-refractivity contribution is 7.17. The lowest BCUT2D eigenvalue weighted by molar-refractivity contribution is -0.114. The first-order chi connectivity index (χ1) is 16.1. The molecule has 34 heavy (non-hydrogen) atoms. The Balaban J connectivity index is 0.000000509. The Morgan fingerprint density at radius 1 is 1.32 bits per heavy atom. The average molecular weight is 494 g/mol. The van der Waals surface area contributed by atoms with Crippen LogP contribution in [0.25, 0.3) is 0 Å². The number of alkyl halides is 3. The zero-order valence-electron chi connectivity index (χ0n) is 19.3. The van der Waals surface area contributed by atoms with Gasteiger partial charge in [0.05, 0.1) is 24.3 Å². The molecule has 1 fully saturated rings. The molecule has 0 spiro atoms. The molecule has 1 unspecified atom stereocenters. The number of nitrogens with zero attached hydrogens (tertiary/aromatic N) is 2. The molecular formula is C24H30F3N4O2P. The molecule has 0 amide bonds. The largest absolute Gasteiger partial charge is 0.430 e. The molecule has 1 saturated heterocycles. The predicted molar refractivity (Wildman–Crippen MR) is 134 cm³/mol. The summed E-state index contributed by atoms with van der Waals surface area (Å²) in [7, 11) is 1.32. The summed E-state index contributed by atoms with van der Waals surface area (Å²) >= 11 is 0. The van der Waals surface area contributed by atoms with Crippen molar-refractivity contribution in [2.24, 2.45) is 0 Å². The molecule has 0 aliphatic carbocycles. The van der Waals surface area contributed by atoms with Gasteiger partial charge in [0.15, 0.2) is 5.78 Å². The van der Waals surface area contributed by atoms with Gasteiger partial charge in [0.2, 0.25) is 0 Å². The first-order valence-electron chi connectivity index (χ1n) is 10.9. The monoisotopic (exact) mass is 494 g/mol. The van der Waals surface area contributed by atoms with Crippen molar-refractivity contribution in [1.29, 1.82) is 5.41 Å². The van der Waals surface area contributed by atoms with E-state index in [4.69, 9.17) is 5.41 Å². The molecule has 6 nitrogen and oxygen atoms in total. The number of carbonyl (C=O) groups is 1. The maximum Gasteiger partial charge on any atom is 0.408 e. The molecule has 3 rings (SSSR count). The van der Waals surface area contributed by atoms with Gasteiger partial charge >= 0.3 is 5.85 Å². The van der Waals surface area contributed by atoms with E-state index in [-0.39, 0.29) is 11.5 Å². The predicted octanol–water partition coefficient (Wildman–Crippen LogP) is 6.11. The number of rotatable bonds is 10. The second-order valence-corrected chi connectivity index (χ2v) is 8.29. The molecule has 10 heteroatoms. The van der Waals surface area contributed by atoms with Crippen molar-refractivity contribution in [1.82, 2.24) is 4.98 Å². The van der Waals surface area contributed by atoms with Crippen LogP contribution in [-0.2, 0) is 4.79 Å². The number of pyridine rings is 1. The van der Waals surface area contributed by atoms with Crippen LogP contribution >= 0.6 is 9.24 Å². The molecule has 184 valence electrons. The molecule has 2 N–H and O–H groups in total. The topological polar surface area (TPSA) is 78.3 Å². The fourth-order valence-electron chi connectivity index (χ4n) is 3.15. The fourth-order valence-corrected chi connectivity index (χ4v) is 3.29. The van der Waals surface area contributed by atoms with Gasteiger partial charge in [-0.3, -0.25) is 4.79 Å². The summed E-state index contributed by atoms with van der Waals surface area (Å²) in [6.07, 6.45) is 4.16. The molecule has 2 heterocycles. The second-order valence-electron chi connectivity index (χ2n) is 7.62. The number of allylic oxidation sites excluding steroid dienone is 1. The lowest BCUT2D eigenvalue weighted by Gasteiger charge is -2.38. The summed E-state index contributed by atoms with van der Waals surface area (Å²) in [6, 6.07) is 7.77. The molecule has 0 saturated carbocycles. The third-order valence-electron chi connectivity index (χ3n) is 4.86. The van der Waals surface area contributed by atoms with Crippen molar-refractivity contribution in [2.45, 2.75) is 45.1 Å². The Bertz CT molecular complexity index is 991. The van der Waals surface area contributed by atoms with Crippen molar-refractivity contribution >= 4 is 37.9 Å². The second kappa shape index (κ2) is 12.5. The molecule has 2 aromatic rings. The van der Waals surface area contributed by atoms with E-state index in [2.05, 4.69) is 21.6 Å². The van der Waals surface area contributed by atoms with Crippen molar-refractivity contribution < 1.29 is 22.7 Å². The lowest BCUT2D eigenvalue weighted by Crippen LogP contribution is -2.49. The van der Waals surface area contributed by atoms with E-state index in [1.165, 1.54) is 27.4 Å². The molecule has 1 aliphatic heterocycles. The Labute approximate surface area is 200 Å². The van der Waals surface area contributed by atoms with Crippen molar-refractivity contribution in [2.75, 3.05) is 23.3 Å². The zero-order chi connectivity index (χ0) is 25.3. The quantitative estimate of drug-likeness (QED) is 0.237. The van der Waals surface area contributed by atoms with Crippen LogP contribution in [0.15, 0.2) is 49.2 Å². The lowest BCUT2D eigenvalue weighted by atomic mass is 10.0. The minimum atomic E-state index is -3.33. The molecule has 0 bridgehead atoms. The SMILES string of the molecule is C=CC(=O)CCC.CCC(=N)c1c(N2CC(F)C2)ccnc1Nc1ccc(OC(F)(F)P)cc1. The van der Waals surface area contributed by atoms with E-state index in [0.29, 0.717) is 48.7 Å². The van der Waals surface area contributed by atoms with Crippen LogP contribution in [-0.4, -0.2) is 41.6 Å². The number of ether oxygens (including phenoxy) is 1. The number of halogens is 3. The van der Waals surface area contributed by atoms with Crippen LogP contribution < -0.4 is 15.0 Å². The average Bonchev–Trinajstić information content (AvgIpc) is 2.77. The fraction of sp³-hybridized carbons (Fsp3) is 0.375. The minimum Gasteiger partial charge on any atom is -0.430 e. The number of carbonyl (C=O) groups excluding carboxylic acids is 1. The Morgan fingerprint density at radius 2 is 1.97 bits per heavy atom. The summed E-state index contributed by atoms with van der Waals surface area (Å²) in [4.78, 5) is 16.5. The summed E-state index contributed by atoms with van der Waals surface area (Å²) in [5.41, 5.74) is 2.36. The molecule has 0 radical (unpaired) electrons. The van der Waals surface area contributed by atoms with E-state index in [9.17, 15) is 18.0 Å². The van der Waals surface area contributed by atoms with Crippen LogP contribution in [0.5, 0.6) is 5.75 Å². The van der Waals surface area contributed by atoms with Crippen LogP contribution in [0, 0.1) is 5.41 Å². The van der Waals surface area contributed by atoms with Gasteiger partial charge in [0.25, 0.3) is 0 Å². The van der Waals surface area contributed by atoms with Crippen LogP contribution in [0.1, 0.15) is 38.7 Å². The number of aromatic nitrogens is 1. The van der Waals surface area contributed by atoms with Crippen LogP contribution in [0.4, 0.5) is 30.4 Å². The maximum absolute atomic E-state index is 13.3. The minimum absolute atomic E-state index is 0.0263. The van der Waals surface area contributed by atoms with Gasteiger partial charge in [-0.1, -0.05) is 20.4 Å². The highest BCUT2D eigenvalue weighted by Crippen LogP contribution is 2.33. The standard InChI is InChI=1S/C18H20F3N4OP.C6H10O/c1-2-14(22)16-15(25-9-11(19)10-25)7-8-23-17(16)24-12-3-5-13(6-4-12)26-18(20,21)27;1-3-5-6(7)4-2/h3-8,11,22H,2,9-10,27H2,1H3,(H,23,24);4H,2-3,5H2,1H3. The first kappa shape index (κ1) is 27.3. The third-order valence-corrected chi connectivity index (χ3v) is 4.97. The molecule has 1 aromatic carbocycles. The normalized spacial score (nSPS) is 13.3. The molecule has 1 atom stereocenters. The Hall–Kier alpha value is -2.93. The van der Waals surface area contributed by atoms with Gasteiger partial charge in [-0.2, -0.15) is 8.78 Å². The van der Waals surface area contributed by atoms with Crippen LogP contribution in [0.2, 0.25) is 0 Å². The summed E-state index contributed by atoms with van der Waals surface area (Å²) in [5, 5.41) is 11.4. The first-order valence-corrected chi connectivity index (χ1v) is 11.5. The number of nitrogens with one attached hydrogen (secondary N) is 2. The van der Waals surface area contributed by atoms with Gasteiger partial charge in [-0.25, -0.2) is 9.37 Å². The number of benzene rings is 1. The van der Waals surface area contributed by atoms with E-state index in [1.54, 1.807) is 24.4 Å². The summed E-state index contributed by atoms with van der Waals surface area (Å²) in [6.45, 7) is 7.76. The van der Waals surface area contributed by atoms with Gasteiger partial charge in [0, 0.05) is 24.0 Å². The van der Waals surface area contributed by atoms with E-state index >= 15 is 0 Å². The van der Waals surface area contributed by atoms with Crippen molar-refractivity contribution in [3.63, 3.8) is 0 Å². The highest BCUT2D eigenvalue weighted by atomic mass is 31.0. The van der Waals surface area contributed by atoms with Gasteiger partial charge < -0.3 is 20.4 Å². The van der Waals surface area contributed by atoms with Crippen molar-refractivity contribution in [3.05, 3.63) is 54.7 Å². The van der Waals surface area contributed by atoms with Crippen molar-refractivity contribution in [3.8, 4) is 5.75 Å². The summed E-state index contributed by atoms with van der Waals surface area (Å²) in [5.74, 6) is -2.70.